The van der Waals surface area contributed by atoms with Crippen molar-refractivity contribution in [3.8, 4) is 0 Å². The van der Waals surface area contributed by atoms with Crippen molar-refractivity contribution in [2.75, 3.05) is 0 Å². The molecule has 0 spiro atoms. The van der Waals surface area contributed by atoms with E-state index in [2.05, 4.69) is 0 Å². The summed E-state index contributed by atoms with van der Waals surface area (Å²) in [4.78, 5) is 10.9. The lowest BCUT2D eigenvalue weighted by atomic mass is 10.0. The van der Waals surface area contributed by atoms with E-state index in [0.29, 0.717) is 11.1 Å². The number of carboxylic acids is 1. The van der Waals surface area contributed by atoms with Crippen molar-refractivity contribution in [3.63, 3.8) is 0 Å². The van der Waals surface area contributed by atoms with Crippen LogP contribution in [0, 0.1) is 12.7 Å². The molecule has 2 aromatic rings. The van der Waals surface area contributed by atoms with Crippen molar-refractivity contribution in [2.45, 2.75) is 13.0 Å². The molecular weight excluding hydrogens is 239 g/mol. The standard InChI is InChI=1S/C13H11FO4/c1-7-6-8(2-3-10(7)14)11(15)12-9(13(16)17)4-5-18-12/h2-6,11,15H,1H3,(H,16,17). The third kappa shape index (κ3) is 2.12. The molecule has 18 heavy (non-hydrogen) atoms. The first-order chi connectivity index (χ1) is 8.50. The third-order valence-corrected chi connectivity index (χ3v) is 2.67. The molecular formula is C13H11FO4. The van der Waals surface area contributed by atoms with E-state index < -0.39 is 12.1 Å². The first-order valence-electron chi connectivity index (χ1n) is 5.25. The molecule has 0 saturated carbocycles. The lowest BCUT2D eigenvalue weighted by molar-refractivity contribution is 0.0687. The van der Waals surface area contributed by atoms with Crippen LogP contribution in [0.15, 0.2) is 34.9 Å². The Morgan fingerprint density at radius 3 is 2.72 bits per heavy atom. The van der Waals surface area contributed by atoms with E-state index >= 15 is 0 Å². The van der Waals surface area contributed by atoms with Crippen LogP contribution < -0.4 is 0 Å². The molecule has 2 N–H and O–H groups in total. The third-order valence-electron chi connectivity index (χ3n) is 2.67. The zero-order valence-corrected chi connectivity index (χ0v) is 9.55. The van der Waals surface area contributed by atoms with Crippen molar-refractivity contribution in [3.05, 3.63) is 58.8 Å². The molecule has 0 bridgehead atoms. The van der Waals surface area contributed by atoms with Crippen LogP contribution in [0.25, 0.3) is 0 Å². The molecule has 0 radical (unpaired) electrons. The van der Waals surface area contributed by atoms with Crippen LogP contribution in [-0.4, -0.2) is 16.2 Å². The molecule has 0 aliphatic rings. The Kier molecular flexibility index (Phi) is 3.16. The molecule has 0 fully saturated rings. The number of carbonyl (C=O) groups is 1. The Morgan fingerprint density at radius 1 is 1.39 bits per heavy atom. The van der Waals surface area contributed by atoms with Gasteiger partial charge in [-0.25, -0.2) is 9.18 Å². The summed E-state index contributed by atoms with van der Waals surface area (Å²) >= 11 is 0. The van der Waals surface area contributed by atoms with Gasteiger partial charge in [-0.15, -0.1) is 0 Å². The summed E-state index contributed by atoms with van der Waals surface area (Å²) in [6.45, 7) is 1.56. The number of hydrogen-bond acceptors (Lipinski definition) is 3. The quantitative estimate of drug-likeness (QED) is 0.878. The van der Waals surface area contributed by atoms with Gasteiger partial charge in [-0.2, -0.15) is 0 Å². The van der Waals surface area contributed by atoms with Crippen LogP contribution in [0.5, 0.6) is 0 Å². The smallest absolute Gasteiger partial charge is 0.339 e. The summed E-state index contributed by atoms with van der Waals surface area (Å²) < 4.78 is 18.1. The molecule has 94 valence electrons. The number of furan rings is 1. The van der Waals surface area contributed by atoms with Gasteiger partial charge in [-0.3, -0.25) is 0 Å². The molecule has 1 heterocycles. The van der Waals surface area contributed by atoms with E-state index in [9.17, 15) is 14.3 Å². The van der Waals surface area contributed by atoms with Gasteiger partial charge >= 0.3 is 5.97 Å². The van der Waals surface area contributed by atoms with Gasteiger partial charge in [0.25, 0.3) is 0 Å². The van der Waals surface area contributed by atoms with Gasteiger partial charge in [0.05, 0.1) is 6.26 Å². The van der Waals surface area contributed by atoms with E-state index in [1.165, 1.54) is 30.5 Å². The van der Waals surface area contributed by atoms with Gasteiger partial charge in [0.1, 0.15) is 17.5 Å². The molecule has 0 saturated heterocycles. The molecule has 0 amide bonds. The molecule has 1 aromatic heterocycles. The second-order valence-electron chi connectivity index (χ2n) is 3.91. The lowest BCUT2D eigenvalue weighted by Crippen LogP contribution is -2.06. The summed E-state index contributed by atoms with van der Waals surface area (Å²) in [5, 5.41) is 19.0. The Morgan fingerprint density at radius 2 is 2.11 bits per heavy atom. The highest BCUT2D eigenvalue weighted by Crippen LogP contribution is 2.27. The average Bonchev–Trinajstić information content (AvgIpc) is 2.81. The van der Waals surface area contributed by atoms with Crippen LogP contribution in [0.3, 0.4) is 0 Å². The topological polar surface area (TPSA) is 70.7 Å². The predicted octanol–water partition coefficient (Wildman–Crippen LogP) is 2.51. The maximum atomic E-state index is 13.1. The molecule has 2 rings (SSSR count). The highest BCUT2D eigenvalue weighted by molar-refractivity contribution is 5.88. The molecule has 1 unspecified atom stereocenters. The maximum Gasteiger partial charge on any atom is 0.339 e. The summed E-state index contributed by atoms with van der Waals surface area (Å²) in [6.07, 6.45) is -0.0383. The van der Waals surface area contributed by atoms with Gasteiger partial charge in [-0.1, -0.05) is 12.1 Å². The maximum absolute atomic E-state index is 13.1. The Labute approximate surface area is 102 Å². The van der Waals surface area contributed by atoms with E-state index in [1.807, 2.05) is 0 Å². The van der Waals surface area contributed by atoms with Crippen LogP contribution >= 0.6 is 0 Å². The molecule has 0 aliphatic heterocycles. The summed E-state index contributed by atoms with van der Waals surface area (Å²) in [5.41, 5.74) is 0.644. The first kappa shape index (κ1) is 12.3. The summed E-state index contributed by atoms with van der Waals surface area (Å²) in [7, 11) is 0. The zero-order chi connectivity index (χ0) is 13.3. The second-order valence-corrected chi connectivity index (χ2v) is 3.91. The minimum Gasteiger partial charge on any atom is -0.478 e. The largest absolute Gasteiger partial charge is 0.478 e. The fourth-order valence-electron chi connectivity index (χ4n) is 1.70. The molecule has 5 heteroatoms. The molecule has 1 aromatic carbocycles. The SMILES string of the molecule is Cc1cc(C(O)c2occc2C(=O)O)ccc1F. The lowest BCUT2D eigenvalue weighted by Gasteiger charge is -2.10. The van der Waals surface area contributed by atoms with Crippen molar-refractivity contribution in [2.24, 2.45) is 0 Å². The number of halogens is 1. The number of aliphatic hydroxyl groups excluding tert-OH is 1. The summed E-state index contributed by atoms with van der Waals surface area (Å²) in [5.74, 6) is -1.63. The minimum atomic E-state index is -1.23. The second kappa shape index (κ2) is 4.62. The molecule has 4 nitrogen and oxygen atoms in total. The van der Waals surface area contributed by atoms with E-state index in [1.54, 1.807) is 6.92 Å². The van der Waals surface area contributed by atoms with Gasteiger partial charge < -0.3 is 14.6 Å². The summed E-state index contributed by atoms with van der Waals surface area (Å²) in [6, 6.07) is 5.32. The Bertz CT molecular complexity index is 588. The van der Waals surface area contributed by atoms with Gasteiger partial charge in [-0.05, 0) is 30.2 Å². The highest BCUT2D eigenvalue weighted by atomic mass is 19.1. The van der Waals surface area contributed by atoms with E-state index in [4.69, 9.17) is 9.52 Å². The van der Waals surface area contributed by atoms with Crippen LogP contribution in [0.1, 0.15) is 33.3 Å². The Balaban J connectivity index is 2.41. The van der Waals surface area contributed by atoms with Crippen LogP contribution in [0.2, 0.25) is 0 Å². The van der Waals surface area contributed by atoms with Crippen molar-refractivity contribution >= 4 is 5.97 Å². The van der Waals surface area contributed by atoms with Crippen molar-refractivity contribution < 1.29 is 23.8 Å². The normalized spacial score (nSPS) is 12.4. The van der Waals surface area contributed by atoms with Gasteiger partial charge in [0.15, 0.2) is 5.76 Å². The number of rotatable bonds is 3. The first-order valence-corrected chi connectivity index (χ1v) is 5.25. The Hall–Kier alpha value is -2.14. The monoisotopic (exact) mass is 250 g/mol. The fourth-order valence-corrected chi connectivity index (χ4v) is 1.70. The molecule has 0 aliphatic carbocycles. The van der Waals surface area contributed by atoms with Gasteiger partial charge in [0.2, 0.25) is 0 Å². The van der Waals surface area contributed by atoms with Crippen LogP contribution in [-0.2, 0) is 0 Å². The predicted molar refractivity (Wildman–Crippen MR) is 60.9 cm³/mol. The average molecular weight is 250 g/mol. The number of carboxylic acid groups (broad SMARTS) is 1. The highest BCUT2D eigenvalue weighted by Gasteiger charge is 2.22. The fraction of sp³-hybridized carbons (Fsp3) is 0.154. The van der Waals surface area contributed by atoms with Gasteiger partial charge in [0, 0.05) is 0 Å². The van der Waals surface area contributed by atoms with Crippen molar-refractivity contribution in [1.29, 1.82) is 0 Å². The number of benzene rings is 1. The zero-order valence-electron chi connectivity index (χ0n) is 9.55. The number of aliphatic hydroxyl groups is 1. The van der Waals surface area contributed by atoms with Crippen molar-refractivity contribution in [1.82, 2.24) is 0 Å². The van der Waals surface area contributed by atoms with E-state index in [0.717, 1.165) is 0 Å². The minimum absolute atomic E-state index is 0.0616. The number of aryl methyl sites for hydroxylation is 1. The van der Waals surface area contributed by atoms with E-state index in [-0.39, 0.29) is 17.1 Å². The molecule has 1 atom stereocenters. The number of aromatic carboxylic acids is 1. The number of hydrogen-bond donors (Lipinski definition) is 2. The van der Waals surface area contributed by atoms with Crippen LogP contribution in [0.4, 0.5) is 4.39 Å².